The largest absolute Gasteiger partial charge is 0.298 e. The lowest BCUT2D eigenvalue weighted by Crippen LogP contribution is -2.10. The third-order valence-electron chi connectivity index (χ3n) is 4.81. The Kier molecular flexibility index (Phi) is 6.33. The zero-order valence-corrected chi connectivity index (χ0v) is 18.5. The van der Waals surface area contributed by atoms with Crippen LogP contribution in [0.3, 0.4) is 0 Å². The Morgan fingerprint density at radius 2 is 1.69 bits per heavy atom. The number of hydrogen-bond acceptors (Lipinski definition) is 3. The number of carbonyl (C=O) groups excluding carboxylic acids is 1. The summed E-state index contributed by atoms with van der Waals surface area (Å²) in [6, 6.07) is 16.7. The molecule has 1 amide bonds. The van der Waals surface area contributed by atoms with E-state index in [1.165, 1.54) is 22.5 Å². The van der Waals surface area contributed by atoms with E-state index in [1.54, 1.807) is 6.08 Å². The predicted octanol–water partition coefficient (Wildman–Crippen LogP) is 6.88. The summed E-state index contributed by atoms with van der Waals surface area (Å²) < 4.78 is 0. The molecular weight excluding hydrogens is 376 g/mol. The van der Waals surface area contributed by atoms with Gasteiger partial charge in [0.05, 0.1) is 5.69 Å². The molecule has 3 rings (SSSR count). The van der Waals surface area contributed by atoms with Crippen molar-refractivity contribution in [1.29, 1.82) is 0 Å². The zero-order valence-electron chi connectivity index (χ0n) is 17.7. The monoisotopic (exact) mass is 404 g/mol. The summed E-state index contributed by atoms with van der Waals surface area (Å²) in [6.07, 6.45) is 3.36. The molecule has 0 saturated carbocycles. The molecule has 1 N–H and O–H groups in total. The Morgan fingerprint density at radius 3 is 2.28 bits per heavy atom. The quantitative estimate of drug-likeness (QED) is 0.471. The predicted molar refractivity (Wildman–Crippen MR) is 124 cm³/mol. The number of rotatable bonds is 5. The van der Waals surface area contributed by atoms with E-state index in [-0.39, 0.29) is 11.3 Å². The number of aromatic nitrogens is 1. The number of nitrogens with zero attached hydrogens (tertiary/aromatic N) is 1. The van der Waals surface area contributed by atoms with Crippen LogP contribution in [0.1, 0.15) is 57.2 Å². The minimum Gasteiger partial charge on any atom is -0.298 e. The Labute approximate surface area is 177 Å². The standard InChI is InChI=1S/C25H28N2OS/c1-17(2)19-9-6-18(7-10-19)8-15-23(28)27-24-26-22(16-29-24)20-11-13-21(14-12-20)25(3,4)5/h6-17H,1-5H3,(H,26,27,28). The van der Waals surface area contributed by atoms with Crippen molar-refractivity contribution in [3.63, 3.8) is 0 Å². The van der Waals surface area contributed by atoms with Crippen LogP contribution < -0.4 is 5.32 Å². The summed E-state index contributed by atoms with van der Waals surface area (Å²) in [5, 5.41) is 5.42. The molecule has 3 nitrogen and oxygen atoms in total. The van der Waals surface area contributed by atoms with Gasteiger partial charge >= 0.3 is 0 Å². The summed E-state index contributed by atoms with van der Waals surface area (Å²) in [5.41, 5.74) is 5.63. The summed E-state index contributed by atoms with van der Waals surface area (Å²) in [5.74, 6) is 0.321. The van der Waals surface area contributed by atoms with Crippen LogP contribution in [0, 0.1) is 0 Å². The van der Waals surface area contributed by atoms with E-state index >= 15 is 0 Å². The maximum atomic E-state index is 12.2. The first-order chi connectivity index (χ1) is 13.7. The average molecular weight is 405 g/mol. The summed E-state index contributed by atoms with van der Waals surface area (Å²) in [6.45, 7) is 10.9. The molecule has 0 bridgehead atoms. The molecule has 0 fully saturated rings. The number of anilines is 1. The highest BCUT2D eigenvalue weighted by Crippen LogP contribution is 2.28. The van der Waals surface area contributed by atoms with Crippen LogP contribution in [0.4, 0.5) is 5.13 Å². The van der Waals surface area contributed by atoms with Gasteiger partial charge in [-0.05, 0) is 34.1 Å². The van der Waals surface area contributed by atoms with E-state index in [1.807, 2.05) is 23.6 Å². The molecular formula is C25H28N2OS. The van der Waals surface area contributed by atoms with Gasteiger partial charge in [-0.3, -0.25) is 10.1 Å². The Morgan fingerprint density at radius 1 is 1.03 bits per heavy atom. The van der Waals surface area contributed by atoms with Gasteiger partial charge in [0, 0.05) is 17.0 Å². The van der Waals surface area contributed by atoms with Crippen LogP contribution in [0.15, 0.2) is 60.0 Å². The highest BCUT2D eigenvalue weighted by molar-refractivity contribution is 7.14. The summed E-state index contributed by atoms with van der Waals surface area (Å²) in [4.78, 5) is 16.8. The van der Waals surface area contributed by atoms with Crippen molar-refractivity contribution in [1.82, 2.24) is 4.98 Å². The van der Waals surface area contributed by atoms with E-state index in [0.717, 1.165) is 16.8 Å². The minimum absolute atomic E-state index is 0.126. The van der Waals surface area contributed by atoms with Crippen molar-refractivity contribution >= 4 is 28.5 Å². The second kappa shape index (κ2) is 8.75. The summed E-state index contributed by atoms with van der Waals surface area (Å²) >= 11 is 1.43. The second-order valence-electron chi connectivity index (χ2n) is 8.51. The number of hydrogen-bond donors (Lipinski definition) is 1. The molecule has 0 atom stereocenters. The normalized spacial score (nSPS) is 11.9. The SMILES string of the molecule is CC(C)c1ccc(C=CC(=O)Nc2nc(-c3ccc(C(C)(C)C)cc3)cs2)cc1. The molecule has 0 aliphatic rings. The third-order valence-corrected chi connectivity index (χ3v) is 5.57. The fourth-order valence-corrected chi connectivity index (χ4v) is 3.64. The van der Waals surface area contributed by atoms with Gasteiger partial charge in [0.15, 0.2) is 5.13 Å². The van der Waals surface area contributed by atoms with Crippen molar-refractivity contribution in [2.45, 2.75) is 46.0 Å². The molecule has 0 aliphatic heterocycles. The first-order valence-corrected chi connectivity index (χ1v) is 10.8. The van der Waals surface area contributed by atoms with Crippen LogP contribution in [0.2, 0.25) is 0 Å². The molecule has 2 aromatic carbocycles. The molecule has 29 heavy (non-hydrogen) atoms. The van der Waals surface area contributed by atoms with Crippen LogP contribution in [0.25, 0.3) is 17.3 Å². The van der Waals surface area contributed by atoms with Gasteiger partial charge in [-0.25, -0.2) is 4.98 Å². The van der Waals surface area contributed by atoms with Gasteiger partial charge in [-0.15, -0.1) is 11.3 Å². The van der Waals surface area contributed by atoms with Gasteiger partial charge in [-0.2, -0.15) is 0 Å². The van der Waals surface area contributed by atoms with Crippen molar-refractivity contribution in [2.75, 3.05) is 5.32 Å². The first-order valence-electron chi connectivity index (χ1n) is 9.88. The zero-order chi connectivity index (χ0) is 21.0. The van der Waals surface area contributed by atoms with Gasteiger partial charge < -0.3 is 0 Å². The average Bonchev–Trinajstić information content (AvgIpc) is 3.14. The third kappa shape index (κ3) is 5.64. The number of carbonyl (C=O) groups is 1. The van der Waals surface area contributed by atoms with E-state index in [0.29, 0.717) is 11.0 Å². The van der Waals surface area contributed by atoms with Crippen LogP contribution >= 0.6 is 11.3 Å². The molecule has 0 saturated heterocycles. The van der Waals surface area contributed by atoms with E-state index < -0.39 is 0 Å². The van der Waals surface area contributed by atoms with Gasteiger partial charge in [-0.1, -0.05) is 83.1 Å². The lowest BCUT2D eigenvalue weighted by molar-refractivity contribution is -0.111. The van der Waals surface area contributed by atoms with E-state index in [9.17, 15) is 4.79 Å². The number of amides is 1. The van der Waals surface area contributed by atoms with Crippen LogP contribution in [-0.4, -0.2) is 10.9 Å². The molecule has 1 aromatic heterocycles. The van der Waals surface area contributed by atoms with Crippen molar-refractivity contribution in [2.24, 2.45) is 0 Å². The Bertz CT molecular complexity index is 991. The van der Waals surface area contributed by atoms with E-state index in [2.05, 4.69) is 81.3 Å². The Balaban J connectivity index is 1.62. The highest BCUT2D eigenvalue weighted by Gasteiger charge is 2.14. The van der Waals surface area contributed by atoms with E-state index in [4.69, 9.17) is 0 Å². The fraction of sp³-hybridized carbons (Fsp3) is 0.280. The molecule has 0 unspecified atom stereocenters. The number of benzene rings is 2. The highest BCUT2D eigenvalue weighted by atomic mass is 32.1. The minimum atomic E-state index is -0.179. The molecule has 150 valence electrons. The molecule has 0 aliphatic carbocycles. The Hall–Kier alpha value is -2.72. The van der Waals surface area contributed by atoms with Gasteiger partial charge in [0.1, 0.15) is 0 Å². The molecule has 0 radical (unpaired) electrons. The molecule has 4 heteroatoms. The van der Waals surface area contributed by atoms with Crippen LogP contribution in [0.5, 0.6) is 0 Å². The fourth-order valence-electron chi connectivity index (χ4n) is 2.92. The van der Waals surface area contributed by atoms with Crippen molar-refractivity contribution in [3.05, 3.63) is 76.7 Å². The number of thiazole rings is 1. The van der Waals surface area contributed by atoms with Gasteiger partial charge in [0.2, 0.25) is 5.91 Å². The second-order valence-corrected chi connectivity index (χ2v) is 9.37. The first kappa shape index (κ1) is 21.0. The topological polar surface area (TPSA) is 42.0 Å². The number of nitrogens with one attached hydrogen (secondary N) is 1. The lowest BCUT2D eigenvalue weighted by atomic mass is 9.86. The summed E-state index contributed by atoms with van der Waals surface area (Å²) in [7, 11) is 0. The maximum absolute atomic E-state index is 12.2. The van der Waals surface area contributed by atoms with Crippen molar-refractivity contribution < 1.29 is 4.79 Å². The maximum Gasteiger partial charge on any atom is 0.250 e. The van der Waals surface area contributed by atoms with Crippen molar-refractivity contribution in [3.8, 4) is 11.3 Å². The lowest BCUT2D eigenvalue weighted by Gasteiger charge is -2.18. The molecule has 0 spiro atoms. The smallest absolute Gasteiger partial charge is 0.250 e. The van der Waals surface area contributed by atoms with Gasteiger partial charge in [0.25, 0.3) is 0 Å². The van der Waals surface area contributed by atoms with Crippen LogP contribution in [-0.2, 0) is 10.2 Å². The molecule has 3 aromatic rings. The molecule has 1 heterocycles.